The Bertz CT molecular complexity index is 401. The van der Waals surface area contributed by atoms with Crippen molar-refractivity contribution in [1.29, 1.82) is 0 Å². The first-order valence-corrected chi connectivity index (χ1v) is 6.65. The first-order chi connectivity index (χ1) is 8.34. The number of likely N-dealkylation sites (tertiary alicyclic amines) is 1. The van der Waals surface area contributed by atoms with E-state index in [-0.39, 0.29) is 0 Å². The Hall–Kier alpha value is -1.15. The second kappa shape index (κ2) is 4.61. The van der Waals surface area contributed by atoms with E-state index in [1.165, 1.54) is 18.4 Å². The average Bonchev–Trinajstić information content (AvgIpc) is 2.84. The third kappa shape index (κ3) is 2.14. The van der Waals surface area contributed by atoms with E-state index in [1.54, 1.807) is 0 Å². The van der Waals surface area contributed by atoms with Crippen molar-refractivity contribution in [3.05, 3.63) is 35.9 Å². The highest BCUT2D eigenvalue weighted by Gasteiger charge is 2.39. The number of piperidine rings is 1. The van der Waals surface area contributed by atoms with Crippen molar-refractivity contribution in [3.63, 3.8) is 0 Å². The average molecular weight is 229 g/mol. The molecule has 0 radical (unpaired) electrons. The molecule has 1 aliphatic heterocycles. The Balaban J connectivity index is 1.73. The number of Topliss-reactive ketones (excluding diaryl/α,β-unsaturated/α-hetero) is 1. The van der Waals surface area contributed by atoms with Gasteiger partial charge in [-0.05, 0) is 18.4 Å². The Morgan fingerprint density at radius 2 is 2.00 bits per heavy atom. The zero-order valence-corrected chi connectivity index (χ0v) is 10.1. The van der Waals surface area contributed by atoms with Gasteiger partial charge in [-0.3, -0.25) is 9.69 Å². The molecule has 0 unspecified atom stereocenters. The molecule has 2 nitrogen and oxygen atoms in total. The van der Waals surface area contributed by atoms with Crippen LogP contribution in [0.2, 0.25) is 0 Å². The molecule has 0 aromatic heterocycles. The molecule has 2 heteroatoms. The van der Waals surface area contributed by atoms with Gasteiger partial charge in [-0.25, -0.2) is 0 Å². The van der Waals surface area contributed by atoms with Crippen LogP contribution in [0.3, 0.4) is 0 Å². The van der Waals surface area contributed by atoms with Crippen LogP contribution in [0, 0.1) is 5.92 Å². The number of hydrogen-bond donors (Lipinski definition) is 0. The van der Waals surface area contributed by atoms with Crippen LogP contribution in [0.25, 0.3) is 0 Å². The van der Waals surface area contributed by atoms with Gasteiger partial charge in [-0.2, -0.15) is 0 Å². The van der Waals surface area contributed by atoms with Crippen molar-refractivity contribution in [2.45, 2.75) is 38.3 Å². The Morgan fingerprint density at radius 3 is 2.82 bits per heavy atom. The Morgan fingerprint density at radius 1 is 1.18 bits per heavy atom. The fourth-order valence-corrected chi connectivity index (χ4v) is 3.37. The molecular formula is C15H19NO. The summed E-state index contributed by atoms with van der Waals surface area (Å²) in [6, 6.07) is 11.1. The van der Waals surface area contributed by atoms with E-state index in [9.17, 15) is 4.79 Å². The molecule has 1 aromatic rings. The van der Waals surface area contributed by atoms with E-state index in [2.05, 4.69) is 35.2 Å². The van der Waals surface area contributed by atoms with Gasteiger partial charge in [0.25, 0.3) is 0 Å². The summed E-state index contributed by atoms with van der Waals surface area (Å²) in [6.45, 7) is 1.96. The lowest BCUT2D eigenvalue weighted by Crippen LogP contribution is -2.46. The minimum absolute atomic E-state index is 0.340. The van der Waals surface area contributed by atoms with Crippen LogP contribution in [0.4, 0.5) is 0 Å². The molecule has 0 amide bonds. The molecule has 1 saturated carbocycles. The number of ketones is 1. The second-order valence-corrected chi connectivity index (χ2v) is 5.28. The van der Waals surface area contributed by atoms with Crippen molar-refractivity contribution < 1.29 is 4.79 Å². The summed E-state index contributed by atoms with van der Waals surface area (Å²) in [5.41, 5.74) is 1.37. The van der Waals surface area contributed by atoms with Gasteiger partial charge >= 0.3 is 0 Å². The first-order valence-electron chi connectivity index (χ1n) is 6.65. The van der Waals surface area contributed by atoms with Crippen LogP contribution < -0.4 is 0 Å². The molecule has 2 atom stereocenters. The maximum absolute atomic E-state index is 11.8. The van der Waals surface area contributed by atoms with Crippen molar-refractivity contribution in [2.24, 2.45) is 5.92 Å². The van der Waals surface area contributed by atoms with Gasteiger partial charge in [-0.1, -0.05) is 36.8 Å². The molecule has 2 aliphatic rings. The largest absolute Gasteiger partial charge is 0.299 e. The minimum atomic E-state index is 0.340. The lowest BCUT2D eigenvalue weighted by atomic mass is 9.90. The zero-order chi connectivity index (χ0) is 11.7. The van der Waals surface area contributed by atoms with Crippen molar-refractivity contribution in [1.82, 2.24) is 4.90 Å². The maximum Gasteiger partial charge on any atom is 0.138 e. The van der Waals surface area contributed by atoms with Crippen molar-refractivity contribution in [3.8, 4) is 0 Å². The number of benzene rings is 1. The first kappa shape index (κ1) is 11.0. The van der Waals surface area contributed by atoms with Gasteiger partial charge in [0.05, 0.1) is 0 Å². The number of carbonyl (C=O) groups excluding carboxylic acids is 1. The molecule has 17 heavy (non-hydrogen) atoms. The molecule has 90 valence electrons. The summed E-state index contributed by atoms with van der Waals surface area (Å²) in [7, 11) is 0. The number of carbonyl (C=O) groups is 1. The molecule has 3 rings (SSSR count). The third-order valence-electron chi connectivity index (χ3n) is 4.24. The highest BCUT2D eigenvalue weighted by atomic mass is 16.1. The Kier molecular flexibility index (Phi) is 2.98. The fourth-order valence-electron chi connectivity index (χ4n) is 3.37. The van der Waals surface area contributed by atoms with Gasteiger partial charge in [0.2, 0.25) is 0 Å². The molecule has 2 fully saturated rings. The fraction of sp³-hybridized carbons (Fsp3) is 0.533. The summed E-state index contributed by atoms with van der Waals surface area (Å²) < 4.78 is 0. The number of fused-ring (bicyclic) bond motifs is 1. The molecule has 1 heterocycles. The van der Waals surface area contributed by atoms with Gasteiger partial charge < -0.3 is 0 Å². The van der Waals surface area contributed by atoms with Crippen LogP contribution in [0.1, 0.15) is 31.2 Å². The molecule has 0 spiro atoms. The van der Waals surface area contributed by atoms with E-state index >= 15 is 0 Å². The summed E-state index contributed by atoms with van der Waals surface area (Å²) in [5, 5.41) is 0. The summed E-state index contributed by atoms with van der Waals surface area (Å²) in [4.78, 5) is 14.4. The topological polar surface area (TPSA) is 20.3 Å². The molecular weight excluding hydrogens is 210 g/mol. The highest BCUT2D eigenvalue weighted by Crippen LogP contribution is 2.35. The van der Waals surface area contributed by atoms with E-state index in [0.717, 1.165) is 25.9 Å². The summed E-state index contributed by atoms with van der Waals surface area (Å²) >= 11 is 0. The maximum atomic E-state index is 11.8. The lowest BCUT2D eigenvalue weighted by Gasteiger charge is -2.36. The summed E-state index contributed by atoms with van der Waals surface area (Å²) in [5.74, 6) is 0.851. The number of hydrogen-bond acceptors (Lipinski definition) is 2. The smallest absolute Gasteiger partial charge is 0.138 e. The van der Waals surface area contributed by atoms with E-state index in [1.807, 2.05) is 0 Å². The minimum Gasteiger partial charge on any atom is -0.299 e. The standard InChI is InChI=1S/C15H19NO/c17-15-9-10-16(14-8-4-7-13(14)15)11-12-5-2-1-3-6-12/h1-3,5-6,13-14H,4,7-11H2/t13-,14+/m1/s1. The quantitative estimate of drug-likeness (QED) is 0.777. The molecule has 0 N–H and O–H groups in total. The van der Waals surface area contributed by atoms with E-state index in [0.29, 0.717) is 17.7 Å². The zero-order valence-electron chi connectivity index (χ0n) is 10.1. The normalized spacial score (nSPS) is 29.3. The number of rotatable bonds is 2. The van der Waals surface area contributed by atoms with Gasteiger partial charge in [0.15, 0.2) is 0 Å². The van der Waals surface area contributed by atoms with E-state index in [4.69, 9.17) is 0 Å². The third-order valence-corrected chi connectivity index (χ3v) is 4.24. The van der Waals surface area contributed by atoms with Crippen LogP contribution >= 0.6 is 0 Å². The second-order valence-electron chi connectivity index (χ2n) is 5.28. The van der Waals surface area contributed by atoms with Gasteiger partial charge in [0, 0.05) is 31.5 Å². The van der Waals surface area contributed by atoms with Crippen molar-refractivity contribution >= 4 is 5.78 Å². The predicted molar refractivity (Wildman–Crippen MR) is 67.6 cm³/mol. The molecule has 1 aliphatic carbocycles. The van der Waals surface area contributed by atoms with Crippen LogP contribution in [0.15, 0.2) is 30.3 Å². The van der Waals surface area contributed by atoms with Crippen LogP contribution in [-0.4, -0.2) is 23.3 Å². The summed E-state index contributed by atoms with van der Waals surface area (Å²) in [6.07, 6.45) is 4.32. The monoisotopic (exact) mass is 229 g/mol. The van der Waals surface area contributed by atoms with Crippen LogP contribution in [-0.2, 0) is 11.3 Å². The van der Waals surface area contributed by atoms with Crippen molar-refractivity contribution in [2.75, 3.05) is 6.54 Å². The van der Waals surface area contributed by atoms with Gasteiger partial charge in [0.1, 0.15) is 5.78 Å². The molecule has 1 saturated heterocycles. The molecule has 1 aromatic carbocycles. The van der Waals surface area contributed by atoms with Crippen LogP contribution in [0.5, 0.6) is 0 Å². The SMILES string of the molecule is O=C1CCN(Cc2ccccc2)[C@H]2CCC[C@@H]12. The van der Waals surface area contributed by atoms with E-state index < -0.39 is 0 Å². The Labute approximate surface area is 103 Å². The lowest BCUT2D eigenvalue weighted by molar-refractivity contribution is -0.128. The number of nitrogens with zero attached hydrogens (tertiary/aromatic N) is 1. The van der Waals surface area contributed by atoms with Gasteiger partial charge in [-0.15, -0.1) is 0 Å². The molecule has 0 bridgehead atoms. The predicted octanol–water partition coefficient (Wildman–Crippen LogP) is 2.63. The highest BCUT2D eigenvalue weighted by molar-refractivity contribution is 5.83.